The van der Waals surface area contributed by atoms with Crippen LogP contribution < -0.4 is 16.2 Å². The predicted octanol–water partition coefficient (Wildman–Crippen LogP) is 2.42. The molecule has 0 aliphatic carbocycles. The average Bonchev–Trinajstić information content (AvgIpc) is 2.67. The second-order valence-corrected chi connectivity index (χ2v) is 7.56. The number of carbonyl (C=O) groups is 1. The predicted molar refractivity (Wildman–Crippen MR) is 103 cm³/mol. The standard InChI is InChI=1S/C17H20N2O2S2.CO2/c18-15(13-7-3-1-4-8-13)11-22-23-12-16(19)17(20)21-14-9-5-2-6-10-14;2-1-3/h1-10,15-16H,11-12,18-19H2;/t15-,16-;/m0./s1. The van der Waals surface area contributed by atoms with Crippen LogP contribution in [0.25, 0.3) is 0 Å². The molecule has 6 nitrogen and oxygen atoms in total. The Morgan fingerprint density at radius 2 is 1.42 bits per heavy atom. The third-order valence-electron chi connectivity index (χ3n) is 3.07. The summed E-state index contributed by atoms with van der Waals surface area (Å²) < 4.78 is 5.21. The van der Waals surface area contributed by atoms with Crippen LogP contribution in [0.4, 0.5) is 0 Å². The van der Waals surface area contributed by atoms with E-state index in [0.717, 1.165) is 11.3 Å². The summed E-state index contributed by atoms with van der Waals surface area (Å²) in [5, 5.41) is 0. The van der Waals surface area contributed by atoms with Gasteiger partial charge in [0.2, 0.25) is 0 Å². The van der Waals surface area contributed by atoms with E-state index in [-0.39, 0.29) is 12.2 Å². The lowest BCUT2D eigenvalue weighted by Crippen LogP contribution is -2.36. The lowest BCUT2D eigenvalue weighted by atomic mass is 10.1. The first kappa shape index (κ1) is 22.0. The Hall–Kier alpha value is -2.09. The Kier molecular flexibility index (Phi) is 11.1. The molecule has 4 N–H and O–H groups in total. The van der Waals surface area contributed by atoms with E-state index in [2.05, 4.69) is 0 Å². The first-order chi connectivity index (χ1) is 12.6. The van der Waals surface area contributed by atoms with Crippen molar-refractivity contribution in [2.75, 3.05) is 11.5 Å². The van der Waals surface area contributed by atoms with Crippen molar-refractivity contribution in [2.45, 2.75) is 12.1 Å². The molecule has 0 radical (unpaired) electrons. The highest BCUT2D eigenvalue weighted by Crippen LogP contribution is 2.26. The Morgan fingerprint density at radius 3 is 2.00 bits per heavy atom. The Labute approximate surface area is 160 Å². The zero-order chi connectivity index (χ0) is 19.2. The number of rotatable bonds is 8. The summed E-state index contributed by atoms with van der Waals surface area (Å²) in [7, 11) is 3.15. The molecule has 0 fully saturated rings. The summed E-state index contributed by atoms with van der Waals surface area (Å²) in [4.78, 5) is 28.1. The van der Waals surface area contributed by atoms with Gasteiger partial charge in [-0.25, -0.2) is 4.79 Å². The molecule has 0 amide bonds. The Bertz CT molecular complexity index is 680. The highest BCUT2D eigenvalue weighted by atomic mass is 33.1. The van der Waals surface area contributed by atoms with Gasteiger partial charge in [0.25, 0.3) is 0 Å². The smallest absolute Gasteiger partial charge is 0.373 e. The maximum absolute atomic E-state index is 11.9. The molecule has 26 heavy (non-hydrogen) atoms. The zero-order valence-corrected chi connectivity index (χ0v) is 15.6. The molecule has 0 saturated heterocycles. The van der Waals surface area contributed by atoms with E-state index in [1.54, 1.807) is 22.9 Å². The first-order valence-corrected chi connectivity index (χ1v) is 10.1. The van der Waals surface area contributed by atoms with Gasteiger partial charge >= 0.3 is 12.1 Å². The summed E-state index contributed by atoms with van der Waals surface area (Å²) in [6, 6.07) is 18.2. The number of hydrogen-bond donors (Lipinski definition) is 2. The summed E-state index contributed by atoms with van der Waals surface area (Å²) >= 11 is 0. The van der Waals surface area contributed by atoms with Gasteiger partial charge in [0.1, 0.15) is 11.8 Å². The molecule has 0 aliphatic rings. The monoisotopic (exact) mass is 392 g/mol. The third-order valence-corrected chi connectivity index (χ3v) is 5.54. The molecule has 2 rings (SSSR count). The molecular weight excluding hydrogens is 372 g/mol. The van der Waals surface area contributed by atoms with Gasteiger partial charge in [-0.3, -0.25) is 0 Å². The molecule has 0 bridgehead atoms. The SMILES string of the molecule is N[C@@H](CSSC[C@H](N)c1ccccc1)C(=O)Oc1ccccc1.O=C=O. The fourth-order valence-electron chi connectivity index (χ4n) is 1.79. The van der Waals surface area contributed by atoms with Crippen LogP contribution in [0.3, 0.4) is 0 Å². The van der Waals surface area contributed by atoms with Gasteiger partial charge in [0.15, 0.2) is 0 Å². The molecule has 0 aliphatic heterocycles. The van der Waals surface area contributed by atoms with Crippen molar-refractivity contribution in [3.63, 3.8) is 0 Å². The maximum Gasteiger partial charge on any atom is 0.373 e. The number of carbonyl (C=O) groups excluding carboxylic acids is 3. The van der Waals surface area contributed by atoms with Crippen molar-refractivity contribution in [3.05, 3.63) is 66.2 Å². The van der Waals surface area contributed by atoms with E-state index in [9.17, 15) is 4.79 Å². The Morgan fingerprint density at radius 1 is 0.923 bits per heavy atom. The first-order valence-electron chi connectivity index (χ1n) is 7.65. The van der Waals surface area contributed by atoms with Gasteiger partial charge in [-0.15, -0.1) is 0 Å². The largest absolute Gasteiger partial charge is 0.425 e. The lowest BCUT2D eigenvalue weighted by Gasteiger charge is -2.13. The molecule has 0 spiro atoms. The normalized spacial score (nSPS) is 12.1. The number of benzene rings is 2. The van der Waals surface area contributed by atoms with E-state index < -0.39 is 12.0 Å². The minimum atomic E-state index is -0.652. The van der Waals surface area contributed by atoms with Crippen LogP contribution in [0.2, 0.25) is 0 Å². The van der Waals surface area contributed by atoms with Crippen molar-refractivity contribution in [3.8, 4) is 5.75 Å². The average molecular weight is 393 g/mol. The van der Waals surface area contributed by atoms with E-state index in [4.69, 9.17) is 25.8 Å². The summed E-state index contributed by atoms with van der Waals surface area (Å²) in [5.41, 5.74) is 13.1. The lowest BCUT2D eigenvalue weighted by molar-refractivity contribution is -0.191. The number of nitrogens with two attached hydrogens (primary N) is 2. The molecule has 138 valence electrons. The van der Waals surface area contributed by atoms with Gasteiger partial charge in [-0.05, 0) is 17.7 Å². The van der Waals surface area contributed by atoms with Crippen molar-refractivity contribution >= 4 is 33.7 Å². The fraction of sp³-hybridized carbons (Fsp3) is 0.222. The quantitative estimate of drug-likeness (QED) is 0.305. The molecular formula is C18H20N2O4S2. The van der Waals surface area contributed by atoms with Gasteiger partial charge in [0.05, 0.1) is 0 Å². The Balaban J connectivity index is 0.00000105. The van der Waals surface area contributed by atoms with E-state index in [0.29, 0.717) is 11.5 Å². The molecule has 0 unspecified atom stereocenters. The van der Waals surface area contributed by atoms with E-state index >= 15 is 0 Å². The highest BCUT2D eigenvalue weighted by molar-refractivity contribution is 8.76. The minimum Gasteiger partial charge on any atom is -0.425 e. The number of para-hydroxylation sites is 1. The summed E-state index contributed by atoms with van der Waals surface area (Å²) in [6.45, 7) is 0. The fourth-order valence-corrected chi connectivity index (χ4v) is 4.06. The van der Waals surface area contributed by atoms with Gasteiger partial charge in [0, 0.05) is 17.5 Å². The summed E-state index contributed by atoms with van der Waals surface area (Å²) in [6.07, 6.45) is 0.250. The van der Waals surface area contributed by atoms with Gasteiger partial charge < -0.3 is 16.2 Å². The highest BCUT2D eigenvalue weighted by Gasteiger charge is 2.16. The van der Waals surface area contributed by atoms with Crippen molar-refractivity contribution in [1.82, 2.24) is 0 Å². The topological polar surface area (TPSA) is 112 Å². The molecule has 2 atom stereocenters. The minimum absolute atomic E-state index is 0.0267. The van der Waals surface area contributed by atoms with Gasteiger partial charge in [-0.1, -0.05) is 70.1 Å². The van der Waals surface area contributed by atoms with Crippen LogP contribution in [-0.4, -0.2) is 29.7 Å². The van der Waals surface area contributed by atoms with Crippen LogP contribution in [0.15, 0.2) is 60.7 Å². The number of ether oxygens (including phenoxy) is 1. The zero-order valence-electron chi connectivity index (χ0n) is 13.9. The van der Waals surface area contributed by atoms with Gasteiger partial charge in [-0.2, -0.15) is 9.59 Å². The van der Waals surface area contributed by atoms with Crippen molar-refractivity contribution in [1.29, 1.82) is 0 Å². The molecule has 0 saturated carbocycles. The van der Waals surface area contributed by atoms with E-state index in [1.165, 1.54) is 10.8 Å². The van der Waals surface area contributed by atoms with Crippen LogP contribution >= 0.6 is 21.6 Å². The number of esters is 1. The molecule has 0 heterocycles. The van der Waals surface area contributed by atoms with Crippen LogP contribution in [0, 0.1) is 0 Å². The maximum atomic E-state index is 11.9. The molecule has 2 aromatic carbocycles. The van der Waals surface area contributed by atoms with E-state index in [1.807, 2.05) is 48.5 Å². The van der Waals surface area contributed by atoms with Crippen LogP contribution in [0.1, 0.15) is 11.6 Å². The second-order valence-electron chi connectivity index (χ2n) is 5.01. The molecule has 0 aromatic heterocycles. The van der Waals surface area contributed by atoms with Crippen LogP contribution in [0.5, 0.6) is 5.75 Å². The molecule has 2 aromatic rings. The molecule has 8 heteroatoms. The second kappa shape index (κ2) is 13.2. The third kappa shape index (κ3) is 8.84. The van der Waals surface area contributed by atoms with Crippen LogP contribution in [-0.2, 0) is 14.4 Å². The number of hydrogen-bond acceptors (Lipinski definition) is 8. The summed E-state index contributed by atoms with van der Waals surface area (Å²) in [5.74, 6) is 1.33. The van der Waals surface area contributed by atoms with Crippen molar-refractivity contribution in [2.24, 2.45) is 11.5 Å². The van der Waals surface area contributed by atoms with Crippen molar-refractivity contribution < 1.29 is 19.1 Å².